The van der Waals surface area contributed by atoms with Gasteiger partial charge in [0.15, 0.2) is 5.13 Å². The lowest BCUT2D eigenvalue weighted by molar-refractivity contribution is -0.126. The van der Waals surface area contributed by atoms with Gasteiger partial charge in [0, 0.05) is 55.5 Å². The van der Waals surface area contributed by atoms with Crippen LogP contribution in [-0.2, 0) is 11.8 Å². The molecule has 0 unspecified atom stereocenters. The lowest BCUT2D eigenvalue weighted by Crippen LogP contribution is -2.36. The summed E-state index contributed by atoms with van der Waals surface area (Å²) in [5.41, 5.74) is 3.13. The van der Waals surface area contributed by atoms with Crippen LogP contribution in [0.3, 0.4) is 0 Å². The van der Waals surface area contributed by atoms with Crippen molar-refractivity contribution >= 4 is 34.3 Å². The number of rotatable bonds is 5. The van der Waals surface area contributed by atoms with Crippen molar-refractivity contribution in [3.63, 3.8) is 0 Å². The fourth-order valence-electron chi connectivity index (χ4n) is 3.44. The zero-order valence-electron chi connectivity index (χ0n) is 16.6. The molecule has 1 aliphatic heterocycles. The number of aryl methyl sites for hydroxylation is 2. The van der Waals surface area contributed by atoms with Crippen LogP contribution in [0.25, 0.3) is 6.08 Å². The van der Waals surface area contributed by atoms with Crippen LogP contribution in [0.4, 0.5) is 10.9 Å². The molecule has 0 aromatic carbocycles. The Kier molecular flexibility index (Phi) is 5.71. The van der Waals surface area contributed by atoms with Crippen LogP contribution in [0.2, 0.25) is 0 Å². The number of thiazole rings is 1. The van der Waals surface area contributed by atoms with Crippen LogP contribution in [0, 0.1) is 6.92 Å². The van der Waals surface area contributed by atoms with Crippen molar-refractivity contribution in [2.24, 2.45) is 7.05 Å². The number of hydrogen-bond acceptors (Lipinski definition) is 6. The van der Waals surface area contributed by atoms with E-state index in [0.717, 1.165) is 53.7 Å². The topological polar surface area (TPSA) is 75.9 Å². The highest BCUT2D eigenvalue weighted by Crippen LogP contribution is 2.31. The molecule has 0 spiro atoms. The maximum absolute atomic E-state index is 12.4. The molecule has 0 aliphatic carbocycles. The molecule has 4 rings (SSSR count). The monoisotopic (exact) mass is 408 g/mol. The predicted molar refractivity (Wildman–Crippen MR) is 115 cm³/mol. The number of piperidine rings is 1. The summed E-state index contributed by atoms with van der Waals surface area (Å²) < 4.78 is 1.72. The Morgan fingerprint density at radius 1 is 1.34 bits per heavy atom. The third kappa shape index (κ3) is 4.71. The summed E-state index contributed by atoms with van der Waals surface area (Å²) in [5, 5.41) is 10.4. The third-order valence-electron chi connectivity index (χ3n) is 5.12. The maximum atomic E-state index is 12.4. The van der Waals surface area contributed by atoms with Gasteiger partial charge in [-0.3, -0.25) is 9.48 Å². The number of anilines is 2. The molecule has 8 heteroatoms. The summed E-state index contributed by atoms with van der Waals surface area (Å²) in [5.74, 6) is 1.28. The van der Waals surface area contributed by atoms with Gasteiger partial charge in [0.05, 0.1) is 11.9 Å². The number of nitrogens with one attached hydrogen (secondary N) is 1. The lowest BCUT2D eigenvalue weighted by atomic mass is 9.94. The van der Waals surface area contributed by atoms with Crippen LogP contribution < -0.4 is 5.32 Å². The molecular weight excluding hydrogens is 384 g/mol. The van der Waals surface area contributed by atoms with Crippen LogP contribution in [0.1, 0.15) is 35.6 Å². The van der Waals surface area contributed by atoms with E-state index in [1.165, 1.54) is 0 Å². The molecule has 1 amide bonds. The van der Waals surface area contributed by atoms with Crippen LogP contribution in [-0.4, -0.2) is 43.6 Å². The minimum absolute atomic E-state index is 0.0542. The third-order valence-corrected chi connectivity index (χ3v) is 5.90. The number of pyridine rings is 1. The number of carbonyl (C=O) groups excluding carboxylic acids is 1. The summed E-state index contributed by atoms with van der Waals surface area (Å²) >= 11 is 1.60. The molecule has 3 aromatic rings. The van der Waals surface area contributed by atoms with Gasteiger partial charge < -0.3 is 10.2 Å². The fourth-order valence-corrected chi connectivity index (χ4v) is 4.23. The number of aromatic nitrogens is 4. The number of amides is 1. The molecule has 0 saturated carbocycles. The van der Waals surface area contributed by atoms with E-state index in [-0.39, 0.29) is 5.91 Å². The second-order valence-electron chi connectivity index (χ2n) is 7.25. The average molecular weight is 409 g/mol. The second-order valence-corrected chi connectivity index (χ2v) is 8.11. The summed E-state index contributed by atoms with van der Waals surface area (Å²) in [6, 6.07) is 3.95. The molecule has 0 atom stereocenters. The molecule has 29 heavy (non-hydrogen) atoms. The average Bonchev–Trinajstić information content (AvgIpc) is 3.37. The van der Waals surface area contributed by atoms with Gasteiger partial charge in [-0.05, 0) is 37.5 Å². The van der Waals surface area contributed by atoms with Gasteiger partial charge >= 0.3 is 0 Å². The van der Waals surface area contributed by atoms with Gasteiger partial charge in [0.1, 0.15) is 5.82 Å². The highest BCUT2D eigenvalue weighted by molar-refractivity contribution is 7.13. The molecule has 0 radical (unpaired) electrons. The molecule has 1 saturated heterocycles. The van der Waals surface area contributed by atoms with Crippen molar-refractivity contribution in [2.45, 2.75) is 25.7 Å². The summed E-state index contributed by atoms with van der Waals surface area (Å²) in [7, 11) is 1.86. The molecule has 1 aliphatic rings. The molecule has 4 heterocycles. The fraction of sp³-hybridized carbons (Fsp3) is 0.333. The molecule has 150 valence electrons. The quantitative estimate of drug-likeness (QED) is 0.651. The van der Waals surface area contributed by atoms with Gasteiger partial charge in [0.25, 0.3) is 0 Å². The van der Waals surface area contributed by atoms with E-state index in [2.05, 4.69) is 20.8 Å². The lowest BCUT2D eigenvalue weighted by Gasteiger charge is -2.30. The Balaban J connectivity index is 1.31. The zero-order valence-corrected chi connectivity index (χ0v) is 17.4. The minimum atomic E-state index is 0.0542. The first-order valence-electron chi connectivity index (χ1n) is 9.68. The Morgan fingerprint density at radius 3 is 2.90 bits per heavy atom. The summed E-state index contributed by atoms with van der Waals surface area (Å²) in [4.78, 5) is 23.5. The van der Waals surface area contributed by atoms with Crippen LogP contribution >= 0.6 is 11.3 Å². The van der Waals surface area contributed by atoms with Crippen LogP contribution in [0.15, 0.2) is 42.2 Å². The van der Waals surface area contributed by atoms with Gasteiger partial charge in [-0.25, -0.2) is 9.97 Å². The van der Waals surface area contributed by atoms with E-state index in [0.29, 0.717) is 5.92 Å². The summed E-state index contributed by atoms with van der Waals surface area (Å²) in [6.07, 6.45) is 10.7. The van der Waals surface area contributed by atoms with Gasteiger partial charge in [0.2, 0.25) is 5.91 Å². The highest BCUT2D eigenvalue weighted by Gasteiger charge is 2.24. The van der Waals surface area contributed by atoms with Crippen LogP contribution in [0.5, 0.6) is 0 Å². The molecule has 1 fully saturated rings. The number of likely N-dealkylation sites (tertiary alicyclic amines) is 1. The van der Waals surface area contributed by atoms with E-state index in [4.69, 9.17) is 4.98 Å². The Labute approximate surface area is 174 Å². The zero-order chi connectivity index (χ0) is 20.2. The van der Waals surface area contributed by atoms with Crippen molar-refractivity contribution in [1.82, 2.24) is 24.6 Å². The minimum Gasteiger partial charge on any atom is -0.339 e. The molecule has 0 bridgehead atoms. The van der Waals surface area contributed by atoms with Crippen molar-refractivity contribution in [3.05, 3.63) is 59.0 Å². The van der Waals surface area contributed by atoms with E-state index in [1.807, 2.05) is 43.3 Å². The van der Waals surface area contributed by atoms with Gasteiger partial charge in [-0.1, -0.05) is 6.07 Å². The normalized spacial score (nSPS) is 15.2. The highest BCUT2D eigenvalue weighted by atomic mass is 32.1. The van der Waals surface area contributed by atoms with E-state index < -0.39 is 0 Å². The van der Waals surface area contributed by atoms with E-state index in [9.17, 15) is 4.79 Å². The first-order valence-corrected chi connectivity index (χ1v) is 10.6. The largest absolute Gasteiger partial charge is 0.339 e. The van der Waals surface area contributed by atoms with Crippen molar-refractivity contribution in [1.29, 1.82) is 0 Å². The Bertz CT molecular complexity index is 1020. The SMILES string of the molecule is Cc1cccnc1Nc1nc(C2CCN(C(=O)C=Cc3cnn(C)c3)CC2)cs1. The summed E-state index contributed by atoms with van der Waals surface area (Å²) in [6.45, 7) is 3.53. The predicted octanol–water partition coefficient (Wildman–Crippen LogP) is 3.74. The van der Waals surface area contributed by atoms with Crippen molar-refractivity contribution in [2.75, 3.05) is 18.4 Å². The van der Waals surface area contributed by atoms with Gasteiger partial charge in [-0.2, -0.15) is 5.10 Å². The van der Waals surface area contributed by atoms with E-state index >= 15 is 0 Å². The smallest absolute Gasteiger partial charge is 0.246 e. The molecular formula is C21H24N6OS. The number of hydrogen-bond donors (Lipinski definition) is 1. The van der Waals surface area contributed by atoms with E-state index in [1.54, 1.807) is 34.5 Å². The molecule has 3 aromatic heterocycles. The molecule has 7 nitrogen and oxygen atoms in total. The Hall–Kier alpha value is -3.00. The first kappa shape index (κ1) is 19.3. The number of nitrogens with zero attached hydrogens (tertiary/aromatic N) is 5. The first-order chi connectivity index (χ1) is 14.1. The second kappa shape index (κ2) is 8.57. The number of carbonyl (C=O) groups is 1. The Morgan fingerprint density at radius 2 is 2.17 bits per heavy atom. The van der Waals surface area contributed by atoms with Crippen molar-refractivity contribution in [3.8, 4) is 0 Å². The van der Waals surface area contributed by atoms with Crippen molar-refractivity contribution < 1.29 is 4.79 Å². The van der Waals surface area contributed by atoms with Gasteiger partial charge in [-0.15, -0.1) is 11.3 Å². The maximum Gasteiger partial charge on any atom is 0.246 e. The standard InChI is InChI=1S/C21H24N6OS/c1-15-4-3-9-22-20(15)25-21-24-18(14-29-21)17-7-10-27(11-8-17)19(28)6-5-16-12-23-26(2)13-16/h3-6,9,12-14,17H,7-8,10-11H2,1-2H3,(H,22,24,25). The molecule has 1 N–H and O–H groups in total.